The number of benzene rings is 1. The zero-order valence-electron chi connectivity index (χ0n) is 12.4. The van der Waals surface area contributed by atoms with Crippen LogP contribution in [0.15, 0.2) is 24.3 Å². The molecule has 5 heteroatoms. The van der Waals surface area contributed by atoms with Crippen molar-refractivity contribution in [1.29, 1.82) is 5.26 Å². The molecule has 1 unspecified atom stereocenters. The van der Waals surface area contributed by atoms with Crippen LogP contribution in [0, 0.1) is 11.3 Å². The topological polar surface area (TPSA) is 68.2 Å². The number of likely N-dealkylation sites (N-methyl/N-ethyl adjacent to an activating group) is 1. The molecule has 5 nitrogen and oxygen atoms in total. The summed E-state index contributed by atoms with van der Waals surface area (Å²) < 4.78 is 0. The average molecular weight is 286 g/mol. The molecule has 1 aromatic carbocycles. The van der Waals surface area contributed by atoms with Crippen molar-refractivity contribution in [2.24, 2.45) is 0 Å². The van der Waals surface area contributed by atoms with Gasteiger partial charge < -0.3 is 10.6 Å². The number of carbonyl (C=O) groups is 1. The minimum Gasteiger partial charge on any atom is -0.325 e. The van der Waals surface area contributed by atoms with Crippen molar-refractivity contribution in [2.75, 3.05) is 31.5 Å². The van der Waals surface area contributed by atoms with Gasteiger partial charge in [0, 0.05) is 18.3 Å². The summed E-state index contributed by atoms with van der Waals surface area (Å²) in [5, 5.41) is 15.2. The van der Waals surface area contributed by atoms with E-state index >= 15 is 0 Å². The molecule has 1 heterocycles. The molecule has 1 aliphatic rings. The predicted octanol–water partition coefficient (Wildman–Crippen LogP) is 1.57. The molecule has 0 bridgehead atoms. The second-order valence-electron chi connectivity index (χ2n) is 5.36. The number of nitrogens with zero attached hydrogens (tertiary/aromatic N) is 2. The fraction of sp³-hybridized carbons (Fsp3) is 0.500. The number of hydrogen-bond acceptors (Lipinski definition) is 4. The van der Waals surface area contributed by atoms with Crippen molar-refractivity contribution in [3.05, 3.63) is 29.8 Å². The second kappa shape index (κ2) is 7.77. The van der Waals surface area contributed by atoms with Crippen molar-refractivity contribution in [2.45, 2.75) is 25.8 Å². The Labute approximate surface area is 125 Å². The highest BCUT2D eigenvalue weighted by atomic mass is 16.2. The van der Waals surface area contributed by atoms with Crippen molar-refractivity contribution in [3.63, 3.8) is 0 Å². The van der Waals surface area contributed by atoms with Crippen LogP contribution in [-0.2, 0) is 4.79 Å². The molecule has 1 aliphatic heterocycles. The molecule has 1 aromatic rings. The number of anilines is 1. The van der Waals surface area contributed by atoms with Gasteiger partial charge in [-0.3, -0.25) is 9.69 Å². The molecular formula is C16H22N4O. The van der Waals surface area contributed by atoms with E-state index in [1.54, 1.807) is 24.3 Å². The Bertz CT molecular complexity index is 517. The van der Waals surface area contributed by atoms with E-state index in [1.807, 2.05) is 0 Å². The first-order valence-corrected chi connectivity index (χ1v) is 7.47. The Morgan fingerprint density at radius 2 is 2.43 bits per heavy atom. The van der Waals surface area contributed by atoms with E-state index in [-0.39, 0.29) is 5.91 Å². The first kappa shape index (κ1) is 15.5. The van der Waals surface area contributed by atoms with Crippen LogP contribution >= 0.6 is 0 Å². The third kappa shape index (κ3) is 4.85. The van der Waals surface area contributed by atoms with Gasteiger partial charge in [0.15, 0.2) is 0 Å². The highest BCUT2D eigenvalue weighted by molar-refractivity contribution is 5.92. The summed E-state index contributed by atoms with van der Waals surface area (Å²) in [6.07, 6.45) is 2.40. The Morgan fingerprint density at radius 3 is 3.10 bits per heavy atom. The molecule has 2 N–H and O–H groups in total. The SMILES string of the molecule is CCN(CC(=O)Nc1cccc(C#N)c1)CC1CCCN1. The van der Waals surface area contributed by atoms with Gasteiger partial charge in [-0.25, -0.2) is 0 Å². The van der Waals surface area contributed by atoms with Crippen LogP contribution in [-0.4, -0.2) is 43.0 Å². The van der Waals surface area contributed by atoms with E-state index in [9.17, 15) is 4.79 Å². The van der Waals surface area contributed by atoms with E-state index in [0.29, 0.717) is 23.8 Å². The molecule has 1 saturated heterocycles. The lowest BCUT2D eigenvalue weighted by molar-refractivity contribution is -0.117. The Morgan fingerprint density at radius 1 is 1.57 bits per heavy atom. The Hall–Kier alpha value is -1.90. The van der Waals surface area contributed by atoms with Crippen molar-refractivity contribution in [1.82, 2.24) is 10.2 Å². The number of amides is 1. The predicted molar refractivity (Wildman–Crippen MR) is 82.9 cm³/mol. The molecule has 0 spiro atoms. The summed E-state index contributed by atoms with van der Waals surface area (Å²) in [7, 11) is 0. The minimum atomic E-state index is -0.0371. The number of nitrogens with one attached hydrogen (secondary N) is 2. The second-order valence-corrected chi connectivity index (χ2v) is 5.36. The van der Waals surface area contributed by atoms with Crippen molar-refractivity contribution in [3.8, 4) is 6.07 Å². The number of carbonyl (C=O) groups excluding carboxylic acids is 1. The standard InChI is InChI=1S/C16H22N4O/c1-2-20(11-15-7-4-8-18-15)12-16(21)19-14-6-3-5-13(9-14)10-17/h3,5-6,9,15,18H,2,4,7-8,11-12H2,1H3,(H,19,21). The Balaban J connectivity index is 1.85. The van der Waals surface area contributed by atoms with Gasteiger partial charge in [0.25, 0.3) is 0 Å². The molecule has 21 heavy (non-hydrogen) atoms. The summed E-state index contributed by atoms with van der Waals surface area (Å²) in [6.45, 7) is 5.28. The molecule has 0 saturated carbocycles. The van der Waals surface area contributed by atoms with Crippen LogP contribution in [0.1, 0.15) is 25.3 Å². The van der Waals surface area contributed by atoms with Crippen LogP contribution in [0.2, 0.25) is 0 Å². The summed E-state index contributed by atoms with van der Waals surface area (Å²) in [6, 6.07) is 9.55. The lowest BCUT2D eigenvalue weighted by atomic mass is 10.2. The van der Waals surface area contributed by atoms with E-state index in [1.165, 1.54) is 12.8 Å². The van der Waals surface area contributed by atoms with Gasteiger partial charge in [-0.05, 0) is 44.1 Å². The molecule has 2 rings (SSSR count). The number of nitriles is 1. The summed E-state index contributed by atoms with van der Waals surface area (Å²) in [4.78, 5) is 14.2. The van der Waals surface area contributed by atoms with Crippen LogP contribution in [0.5, 0.6) is 0 Å². The molecule has 0 radical (unpaired) electrons. The lowest BCUT2D eigenvalue weighted by Crippen LogP contribution is -2.41. The zero-order valence-corrected chi connectivity index (χ0v) is 12.4. The maximum atomic E-state index is 12.1. The van der Waals surface area contributed by atoms with Crippen LogP contribution in [0.4, 0.5) is 5.69 Å². The molecule has 1 atom stereocenters. The van der Waals surface area contributed by atoms with Gasteiger partial charge in [-0.2, -0.15) is 5.26 Å². The lowest BCUT2D eigenvalue weighted by Gasteiger charge is -2.23. The monoisotopic (exact) mass is 286 g/mol. The fourth-order valence-corrected chi connectivity index (χ4v) is 2.60. The van der Waals surface area contributed by atoms with E-state index < -0.39 is 0 Å². The summed E-state index contributed by atoms with van der Waals surface area (Å²) in [5.41, 5.74) is 1.23. The van der Waals surface area contributed by atoms with Gasteiger partial charge in [-0.15, -0.1) is 0 Å². The van der Waals surface area contributed by atoms with Gasteiger partial charge in [0.2, 0.25) is 5.91 Å². The normalized spacial score (nSPS) is 17.7. The number of rotatable bonds is 6. The summed E-state index contributed by atoms with van der Waals surface area (Å²) in [5.74, 6) is -0.0371. The third-order valence-electron chi connectivity index (χ3n) is 3.73. The fourth-order valence-electron chi connectivity index (χ4n) is 2.60. The molecule has 112 valence electrons. The molecule has 0 aromatic heterocycles. The minimum absolute atomic E-state index is 0.0371. The maximum Gasteiger partial charge on any atom is 0.238 e. The Kier molecular flexibility index (Phi) is 5.73. The quantitative estimate of drug-likeness (QED) is 0.833. The van der Waals surface area contributed by atoms with E-state index in [4.69, 9.17) is 5.26 Å². The smallest absolute Gasteiger partial charge is 0.238 e. The molecule has 1 amide bonds. The first-order chi connectivity index (χ1) is 10.2. The maximum absolute atomic E-state index is 12.1. The largest absolute Gasteiger partial charge is 0.325 e. The zero-order chi connectivity index (χ0) is 15.1. The van der Waals surface area contributed by atoms with E-state index in [2.05, 4.69) is 28.5 Å². The molecule has 1 fully saturated rings. The highest BCUT2D eigenvalue weighted by Gasteiger charge is 2.18. The van der Waals surface area contributed by atoms with Gasteiger partial charge >= 0.3 is 0 Å². The van der Waals surface area contributed by atoms with Crippen LogP contribution < -0.4 is 10.6 Å². The van der Waals surface area contributed by atoms with Gasteiger partial charge in [-0.1, -0.05) is 13.0 Å². The van der Waals surface area contributed by atoms with Crippen LogP contribution in [0.25, 0.3) is 0 Å². The summed E-state index contributed by atoms with van der Waals surface area (Å²) >= 11 is 0. The van der Waals surface area contributed by atoms with E-state index in [0.717, 1.165) is 19.6 Å². The van der Waals surface area contributed by atoms with Crippen molar-refractivity contribution < 1.29 is 4.79 Å². The van der Waals surface area contributed by atoms with Crippen LogP contribution in [0.3, 0.4) is 0 Å². The molecule has 0 aliphatic carbocycles. The highest BCUT2D eigenvalue weighted by Crippen LogP contribution is 2.10. The third-order valence-corrected chi connectivity index (χ3v) is 3.73. The first-order valence-electron chi connectivity index (χ1n) is 7.47. The molecular weight excluding hydrogens is 264 g/mol. The van der Waals surface area contributed by atoms with Gasteiger partial charge in [0.05, 0.1) is 18.2 Å². The van der Waals surface area contributed by atoms with Gasteiger partial charge in [0.1, 0.15) is 0 Å². The average Bonchev–Trinajstić information content (AvgIpc) is 2.99. The number of hydrogen-bond donors (Lipinski definition) is 2. The van der Waals surface area contributed by atoms with Crippen molar-refractivity contribution >= 4 is 11.6 Å².